The quantitative estimate of drug-likeness (QED) is 0.635. The van der Waals surface area contributed by atoms with Crippen molar-refractivity contribution in [1.29, 1.82) is 0 Å². The first-order chi connectivity index (χ1) is 5.88. The van der Waals surface area contributed by atoms with Gasteiger partial charge < -0.3 is 10.6 Å². The number of nitrogens with zero attached hydrogens (tertiary/aromatic N) is 1. The summed E-state index contributed by atoms with van der Waals surface area (Å²) >= 11 is 0. The number of hydrogen-bond donors (Lipinski definition) is 1. The fraction of sp³-hybridized carbons (Fsp3) is 0.300. The molecule has 1 aromatic rings. The van der Waals surface area contributed by atoms with Gasteiger partial charge in [-0.15, -0.1) is 0 Å². The summed E-state index contributed by atoms with van der Waals surface area (Å²) in [6.45, 7) is 2.14. The Bertz CT molecular complexity index is 264. The number of nitrogen functional groups attached to an aromatic ring is 1. The highest BCUT2D eigenvalue weighted by molar-refractivity contribution is 5.67. The Labute approximate surface area is 73.0 Å². The number of hydrogen-bond acceptors (Lipinski definition) is 2. The molecule has 0 spiro atoms. The van der Waals surface area contributed by atoms with Crippen LogP contribution in [-0.2, 0) is 0 Å². The van der Waals surface area contributed by atoms with Gasteiger partial charge in [-0.25, -0.2) is 0 Å². The zero-order chi connectivity index (χ0) is 8.39. The van der Waals surface area contributed by atoms with E-state index in [0.717, 1.165) is 18.8 Å². The van der Waals surface area contributed by atoms with E-state index in [9.17, 15) is 0 Å². The second-order valence-electron chi connectivity index (χ2n) is 3.08. The lowest BCUT2D eigenvalue weighted by Gasteiger charge is -2.18. The third kappa shape index (κ3) is 1.24. The smallest absolute Gasteiger partial charge is 0.0600 e. The lowest BCUT2D eigenvalue weighted by Crippen LogP contribution is -2.18. The van der Waals surface area contributed by atoms with Crippen LogP contribution in [0.4, 0.5) is 11.4 Å². The molecule has 1 saturated heterocycles. The first-order valence-corrected chi connectivity index (χ1v) is 4.29. The number of para-hydroxylation sites is 2. The molecule has 0 aliphatic carbocycles. The Balaban J connectivity index is 2.26. The summed E-state index contributed by atoms with van der Waals surface area (Å²) in [7, 11) is 0. The van der Waals surface area contributed by atoms with Crippen LogP contribution in [0.1, 0.15) is 6.42 Å². The molecule has 1 radical (unpaired) electrons. The van der Waals surface area contributed by atoms with Crippen molar-refractivity contribution in [2.24, 2.45) is 0 Å². The van der Waals surface area contributed by atoms with E-state index in [1.165, 1.54) is 12.1 Å². The summed E-state index contributed by atoms with van der Waals surface area (Å²) < 4.78 is 0. The summed E-state index contributed by atoms with van der Waals surface area (Å²) in [5.41, 5.74) is 7.90. The van der Waals surface area contributed by atoms with Crippen LogP contribution in [-0.4, -0.2) is 13.1 Å². The summed E-state index contributed by atoms with van der Waals surface area (Å²) in [5, 5.41) is 0. The minimum absolute atomic E-state index is 0.882. The summed E-state index contributed by atoms with van der Waals surface area (Å²) in [4.78, 5) is 2.30. The maximum atomic E-state index is 5.84. The second kappa shape index (κ2) is 3.05. The third-order valence-corrected chi connectivity index (χ3v) is 2.23. The predicted octanol–water partition coefficient (Wildman–Crippen LogP) is 1.68. The van der Waals surface area contributed by atoms with Gasteiger partial charge in [-0.05, 0) is 25.0 Å². The molecule has 2 rings (SSSR count). The van der Waals surface area contributed by atoms with Gasteiger partial charge in [-0.3, -0.25) is 0 Å². The van der Waals surface area contributed by atoms with Crippen molar-refractivity contribution in [2.45, 2.75) is 6.42 Å². The second-order valence-corrected chi connectivity index (χ2v) is 3.08. The van der Waals surface area contributed by atoms with Crippen molar-refractivity contribution in [3.05, 3.63) is 30.7 Å². The maximum absolute atomic E-state index is 5.84. The minimum atomic E-state index is 0.882. The van der Waals surface area contributed by atoms with Crippen molar-refractivity contribution >= 4 is 11.4 Å². The van der Waals surface area contributed by atoms with E-state index < -0.39 is 0 Å². The van der Waals surface area contributed by atoms with Gasteiger partial charge >= 0.3 is 0 Å². The lowest BCUT2D eigenvalue weighted by atomic mass is 10.2. The molecule has 63 valence electrons. The van der Waals surface area contributed by atoms with Crippen molar-refractivity contribution in [3.8, 4) is 0 Å². The van der Waals surface area contributed by atoms with Crippen LogP contribution in [0.5, 0.6) is 0 Å². The fourth-order valence-electron chi connectivity index (χ4n) is 1.58. The summed E-state index contributed by atoms with van der Waals surface area (Å²) in [6.07, 6.45) is 3.46. The van der Waals surface area contributed by atoms with Crippen LogP contribution in [0.25, 0.3) is 0 Å². The molecule has 0 amide bonds. The number of benzene rings is 1. The molecule has 1 fully saturated rings. The van der Waals surface area contributed by atoms with E-state index in [-0.39, 0.29) is 0 Å². The molecule has 1 aliphatic heterocycles. The molecule has 0 atom stereocenters. The van der Waals surface area contributed by atoms with Crippen LogP contribution in [0, 0.1) is 6.42 Å². The number of rotatable bonds is 1. The number of nitrogens with two attached hydrogens (primary N) is 1. The van der Waals surface area contributed by atoms with E-state index in [1.54, 1.807) is 0 Å². The molecule has 12 heavy (non-hydrogen) atoms. The van der Waals surface area contributed by atoms with Crippen LogP contribution in [0.3, 0.4) is 0 Å². The van der Waals surface area contributed by atoms with E-state index >= 15 is 0 Å². The average Bonchev–Trinajstić information content (AvgIpc) is 2.57. The van der Waals surface area contributed by atoms with Gasteiger partial charge in [0.25, 0.3) is 0 Å². The molecule has 1 aromatic carbocycles. The largest absolute Gasteiger partial charge is 0.397 e. The minimum Gasteiger partial charge on any atom is -0.397 e. The monoisotopic (exact) mass is 161 g/mol. The van der Waals surface area contributed by atoms with Crippen LogP contribution in [0.15, 0.2) is 24.3 Å². The standard InChI is InChI=1S/C10H13N2/c11-9-5-1-2-6-10(9)12-7-3-4-8-12/h1-3,5-6H,4,7-8,11H2. The Hall–Kier alpha value is -1.18. The predicted molar refractivity (Wildman–Crippen MR) is 52.0 cm³/mol. The molecular formula is C10H13N2. The van der Waals surface area contributed by atoms with E-state index in [0.29, 0.717) is 0 Å². The Kier molecular flexibility index (Phi) is 1.90. The molecule has 0 saturated carbocycles. The first-order valence-electron chi connectivity index (χ1n) is 4.29. The first kappa shape index (κ1) is 7.47. The molecule has 0 bridgehead atoms. The normalized spacial score (nSPS) is 16.8. The summed E-state index contributed by atoms with van der Waals surface area (Å²) in [5.74, 6) is 0. The van der Waals surface area contributed by atoms with Gasteiger partial charge in [0, 0.05) is 13.1 Å². The van der Waals surface area contributed by atoms with Gasteiger partial charge in [0.2, 0.25) is 0 Å². The van der Waals surface area contributed by atoms with Gasteiger partial charge in [0.05, 0.1) is 11.4 Å². The molecule has 0 aromatic heterocycles. The Morgan fingerprint density at radius 1 is 1.25 bits per heavy atom. The molecule has 0 unspecified atom stereocenters. The zero-order valence-electron chi connectivity index (χ0n) is 7.03. The topological polar surface area (TPSA) is 29.3 Å². The van der Waals surface area contributed by atoms with Crippen molar-refractivity contribution in [2.75, 3.05) is 23.7 Å². The van der Waals surface area contributed by atoms with Crippen LogP contribution >= 0.6 is 0 Å². The Morgan fingerprint density at radius 3 is 2.75 bits per heavy atom. The highest BCUT2D eigenvalue weighted by Crippen LogP contribution is 2.25. The fourth-order valence-corrected chi connectivity index (χ4v) is 1.58. The van der Waals surface area contributed by atoms with Crippen molar-refractivity contribution < 1.29 is 0 Å². The van der Waals surface area contributed by atoms with Gasteiger partial charge in [0.1, 0.15) is 0 Å². The van der Waals surface area contributed by atoms with Gasteiger partial charge in [-0.2, -0.15) is 0 Å². The molecule has 2 heteroatoms. The Morgan fingerprint density at radius 2 is 2.08 bits per heavy atom. The molecule has 1 heterocycles. The average molecular weight is 161 g/mol. The highest BCUT2D eigenvalue weighted by atomic mass is 15.1. The van der Waals surface area contributed by atoms with Crippen LogP contribution in [0.2, 0.25) is 0 Å². The molecule has 2 N–H and O–H groups in total. The molecular weight excluding hydrogens is 148 g/mol. The highest BCUT2D eigenvalue weighted by Gasteiger charge is 2.13. The summed E-state index contributed by atoms with van der Waals surface area (Å²) in [6, 6.07) is 8.03. The third-order valence-electron chi connectivity index (χ3n) is 2.23. The van der Waals surface area contributed by atoms with Crippen molar-refractivity contribution in [1.82, 2.24) is 0 Å². The van der Waals surface area contributed by atoms with E-state index in [2.05, 4.69) is 17.4 Å². The molecule has 2 nitrogen and oxygen atoms in total. The lowest BCUT2D eigenvalue weighted by molar-refractivity contribution is 0.970. The van der Waals surface area contributed by atoms with Crippen molar-refractivity contribution in [3.63, 3.8) is 0 Å². The zero-order valence-corrected chi connectivity index (χ0v) is 7.03. The number of anilines is 2. The molecule has 1 aliphatic rings. The SMILES string of the molecule is Nc1ccccc1N1C[CH]CC1. The van der Waals surface area contributed by atoms with E-state index in [4.69, 9.17) is 5.73 Å². The van der Waals surface area contributed by atoms with Crippen LogP contribution < -0.4 is 10.6 Å². The maximum Gasteiger partial charge on any atom is 0.0600 e. The van der Waals surface area contributed by atoms with E-state index in [1.807, 2.05) is 18.2 Å². The van der Waals surface area contributed by atoms with Gasteiger partial charge in [0.15, 0.2) is 0 Å². The van der Waals surface area contributed by atoms with Gasteiger partial charge in [-0.1, -0.05) is 12.1 Å².